The summed E-state index contributed by atoms with van der Waals surface area (Å²) in [5, 5.41) is 7.05. The van der Waals surface area contributed by atoms with Gasteiger partial charge in [-0.15, -0.1) is 12.4 Å². The lowest BCUT2D eigenvalue weighted by Gasteiger charge is -2.30. The molecule has 1 aromatic heterocycles. The van der Waals surface area contributed by atoms with Gasteiger partial charge in [-0.05, 0) is 48.9 Å². The second kappa shape index (κ2) is 13.4. The number of carbonyl (C=O) groups excluding carboxylic acids is 2. The fourth-order valence-electron chi connectivity index (χ4n) is 4.85. The van der Waals surface area contributed by atoms with Crippen LogP contribution < -0.4 is 10.2 Å². The van der Waals surface area contributed by atoms with Crippen molar-refractivity contribution in [1.82, 2.24) is 20.4 Å². The SMILES string of the molecule is CCCCCNC(=O)CN(CC(=O)N(C)C1Cc2ccccc2C1)c1cc(-c2noc(C)n2)ccc1C.Cl. The molecule has 8 nitrogen and oxygen atoms in total. The molecule has 1 N–H and O–H groups in total. The van der Waals surface area contributed by atoms with E-state index in [1.54, 1.807) is 6.92 Å². The van der Waals surface area contributed by atoms with Gasteiger partial charge in [-0.1, -0.05) is 61.3 Å². The largest absolute Gasteiger partial charge is 0.355 e. The van der Waals surface area contributed by atoms with Crippen LogP contribution in [0.2, 0.25) is 0 Å². The summed E-state index contributed by atoms with van der Waals surface area (Å²) in [5.41, 5.74) is 5.15. The van der Waals surface area contributed by atoms with Gasteiger partial charge in [0.05, 0.1) is 13.1 Å². The van der Waals surface area contributed by atoms with Gasteiger partial charge >= 0.3 is 0 Å². The standard InChI is InChI=1S/C29H37N5O3.ClH/c1-5-6-9-14-30-27(35)18-34(26-17-24(13-12-20(26)2)29-31-21(3)37-32-29)19-28(36)33(4)25-15-22-10-7-8-11-23(22)16-25;/h7-8,10-13,17,25H,5-6,9,14-16,18-19H2,1-4H3,(H,30,35);1H. The van der Waals surface area contributed by atoms with E-state index in [0.29, 0.717) is 18.3 Å². The van der Waals surface area contributed by atoms with Crippen LogP contribution in [0.4, 0.5) is 5.69 Å². The van der Waals surface area contributed by atoms with Crippen molar-refractivity contribution in [2.75, 3.05) is 31.6 Å². The molecule has 2 aromatic carbocycles. The Kier molecular flexibility index (Phi) is 10.3. The third kappa shape index (κ3) is 7.13. The number of amides is 2. The van der Waals surface area contributed by atoms with Crippen LogP contribution in [0.15, 0.2) is 47.0 Å². The van der Waals surface area contributed by atoms with Gasteiger partial charge in [0.1, 0.15) is 0 Å². The van der Waals surface area contributed by atoms with E-state index < -0.39 is 0 Å². The van der Waals surface area contributed by atoms with Crippen LogP contribution >= 0.6 is 12.4 Å². The zero-order chi connectivity index (χ0) is 26.4. The van der Waals surface area contributed by atoms with E-state index in [9.17, 15) is 9.59 Å². The molecule has 38 heavy (non-hydrogen) atoms. The Bertz CT molecular complexity index is 1220. The highest BCUT2D eigenvalue weighted by atomic mass is 35.5. The maximum absolute atomic E-state index is 13.5. The van der Waals surface area contributed by atoms with Gasteiger partial charge in [0.15, 0.2) is 0 Å². The van der Waals surface area contributed by atoms with Crippen LogP contribution in [0, 0.1) is 13.8 Å². The molecule has 1 heterocycles. The van der Waals surface area contributed by atoms with E-state index in [1.165, 1.54) is 11.1 Å². The van der Waals surface area contributed by atoms with Crippen LogP contribution in [-0.4, -0.2) is 59.6 Å². The fraction of sp³-hybridized carbons (Fsp3) is 0.448. The van der Waals surface area contributed by atoms with Crippen LogP contribution in [-0.2, 0) is 22.4 Å². The number of hydrogen-bond donors (Lipinski definition) is 1. The molecule has 2 amide bonds. The third-order valence-corrected chi connectivity index (χ3v) is 7.07. The molecule has 204 valence electrons. The van der Waals surface area contributed by atoms with Gasteiger partial charge in [-0.3, -0.25) is 9.59 Å². The maximum Gasteiger partial charge on any atom is 0.242 e. The smallest absolute Gasteiger partial charge is 0.242 e. The summed E-state index contributed by atoms with van der Waals surface area (Å²) >= 11 is 0. The summed E-state index contributed by atoms with van der Waals surface area (Å²) in [6, 6.07) is 14.3. The lowest BCUT2D eigenvalue weighted by Crippen LogP contribution is -2.47. The van der Waals surface area contributed by atoms with E-state index in [2.05, 4.69) is 34.5 Å². The molecular formula is C29H38ClN5O3. The Hall–Kier alpha value is -3.39. The van der Waals surface area contributed by atoms with E-state index in [4.69, 9.17) is 4.52 Å². The van der Waals surface area contributed by atoms with E-state index in [1.807, 2.05) is 54.1 Å². The lowest BCUT2D eigenvalue weighted by molar-refractivity contribution is -0.130. The molecular weight excluding hydrogens is 502 g/mol. The number of aromatic nitrogens is 2. The first-order chi connectivity index (χ1) is 17.9. The van der Waals surface area contributed by atoms with Crippen LogP contribution in [0.1, 0.15) is 48.8 Å². The Labute approximate surface area is 231 Å². The molecule has 1 aliphatic carbocycles. The normalized spacial score (nSPS) is 12.5. The van der Waals surface area contributed by atoms with Gasteiger partial charge in [0, 0.05) is 37.8 Å². The molecule has 3 aromatic rings. The molecule has 4 rings (SSSR count). The molecule has 0 unspecified atom stereocenters. The van der Waals surface area contributed by atoms with Gasteiger partial charge in [-0.25, -0.2) is 0 Å². The Morgan fingerprint density at radius 3 is 2.39 bits per heavy atom. The lowest BCUT2D eigenvalue weighted by atomic mass is 10.1. The van der Waals surface area contributed by atoms with Crippen molar-refractivity contribution in [3.05, 3.63) is 65.0 Å². The van der Waals surface area contributed by atoms with Crippen LogP contribution in [0.5, 0.6) is 0 Å². The summed E-state index contributed by atoms with van der Waals surface area (Å²) in [4.78, 5) is 34.5. The first kappa shape index (κ1) is 29.2. The van der Waals surface area contributed by atoms with Crippen molar-refractivity contribution in [1.29, 1.82) is 0 Å². The number of nitrogens with one attached hydrogen (secondary N) is 1. The molecule has 0 fully saturated rings. The van der Waals surface area contributed by atoms with Crippen molar-refractivity contribution in [3.63, 3.8) is 0 Å². The number of aryl methyl sites for hydroxylation is 2. The Morgan fingerprint density at radius 2 is 1.76 bits per heavy atom. The molecule has 9 heteroatoms. The predicted molar refractivity (Wildman–Crippen MR) is 152 cm³/mol. The number of likely N-dealkylation sites (N-methyl/N-ethyl adjacent to an activating group) is 1. The summed E-state index contributed by atoms with van der Waals surface area (Å²) in [5.74, 6) is 0.849. The molecule has 0 radical (unpaired) electrons. The number of carbonyl (C=O) groups is 2. The van der Waals surface area contributed by atoms with E-state index in [0.717, 1.165) is 48.9 Å². The van der Waals surface area contributed by atoms with Gasteiger partial charge in [0.2, 0.25) is 23.5 Å². The average Bonchev–Trinajstić information content (AvgIpc) is 3.52. The van der Waals surface area contributed by atoms with Crippen molar-refractivity contribution in [3.8, 4) is 11.4 Å². The van der Waals surface area contributed by atoms with Gasteiger partial charge in [0.25, 0.3) is 0 Å². The number of nitrogens with zero attached hydrogens (tertiary/aromatic N) is 4. The van der Waals surface area contributed by atoms with Crippen LogP contribution in [0.3, 0.4) is 0 Å². The third-order valence-electron chi connectivity index (χ3n) is 7.07. The summed E-state index contributed by atoms with van der Waals surface area (Å²) in [6.45, 7) is 6.68. The monoisotopic (exact) mass is 539 g/mol. The van der Waals surface area contributed by atoms with Crippen molar-refractivity contribution < 1.29 is 14.1 Å². The average molecular weight is 540 g/mol. The molecule has 0 atom stereocenters. The Morgan fingerprint density at radius 1 is 1.05 bits per heavy atom. The second-order valence-corrected chi connectivity index (χ2v) is 9.89. The van der Waals surface area contributed by atoms with Crippen molar-refractivity contribution in [2.45, 2.75) is 58.9 Å². The minimum Gasteiger partial charge on any atom is -0.355 e. The maximum atomic E-state index is 13.5. The number of rotatable bonds is 11. The molecule has 0 saturated carbocycles. The molecule has 1 aliphatic rings. The highest BCUT2D eigenvalue weighted by Gasteiger charge is 2.29. The minimum absolute atomic E-state index is 0. The number of unbranched alkanes of at least 4 members (excludes halogenated alkanes) is 2. The number of hydrogen-bond acceptors (Lipinski definition) is 6. The van der Waals surface area contributed by atoms with Crippen molar-refractivity contribution in [2.24, 2.45) is 0 Å². The van der Waals surface area contributed by atoms with Gasteiger partial charge in [-0.2, -0.15) is 4.98 Å². The minimum atomic E-state index is -0.0972. The zero-order valence-corrected chi connectivity index (χ0v) is 23.5. The number of benzene rings is 2. The quantitative estimate of drug-likeness (QED) is 0.360. The number of halogens is 1. The molecule has 0 saturated heterocycles. The summed E-state index contributed by atoms with van der Waals surface area (Å²) in [6.07, 6.45) is 4.81. The van der Waals surface area contributed by atoms with E-state index >= 15 is 0 Å². The molecule has 0 spiro atoms. The Balaban J connectivity index is 0.00000400. The zero-order valence-electron chi connectivity index (χ0n) is 22.7. The van der Waals surface area contributed by atoms with Crippen LogP contribution in [0.25, 0.3) is 11.4 Å². The second-order valence-electron chi connectivity index (χ2n) is 9.89. The summed E-state index contributed by atoms with van der Waals surface area (Å²) < 4.78 is 5.16. The van der Waals surface area contributed by atoms with Gasteiger partial charge < -0.3 is 19.6 Å². The van der Waals surface area contributed by atoms with Crippen molar-refractivity contribution >= 4 is 29.9 Å². The first-order valence-electron chi connectivity index (χ1n) is 13.1. The van der Waals surface area contributed by atoms with E-state index in [-0.39, 0.29) is 43.4 Å². The number of fused-ring (bicyclic) bond motifs is 1. The topological polar surface area (TPSA) is 91.6 Å². The highest BCUT2D eigenvalue weighted by Crippen LogP contribution is 2.28. The fourth-order valence-corrected chi connectivity index (χ4v) is 4.85. The highest BCUT2D eigenvalue weighted by molar-refractivity contribution is 5.87. The molecule has 0 aliphatic heterocycles. The first-order valence-corrected chi connectivity index (χ1v) is 13.1. The predicted octanol–water partition coefficient (Wildman–Crippen LogP) is 4.51. The summed E-state index contributed by atoms with van der Waals surface area (Å²) in [7, 11) is 1.87. The number of anilines is 1. The molecule has 0 bridgehead atoms.